The molecule has 0 aromatic heterocycles. The minimum Gasteiger partial charge on any atom is -0.378 e. The second-order valence-corrected chi connectivity index (χ2v) is 12.9. The Labute approximate surface area is 215 Å². The Morgan fingerprint density at radius 2 is 0.853 bits per heavy atom. The summed E-state index contributed by atoms with van der Waals surface area (Å²) >= 11 is 0. The second-order valence-electron chi connectivity index (χ2n) is 12.9. The maximum absolute atomic E-state index is 6.39. The third kappa shape index (κ3) is 10.9. The molecule has 1 heteroatoms. The minimum atomic E-state index is 0.588. The second kappa shape index (κ2) is 17.4. The molecule has 3 fully saturated rings. The molecule has 34 heavy (non-hydrogen) atoms. The van der Waals surface area contributed by atoms with Crippen molar-refractivity contribution in [3.63, 3.8) is 0 Å². The molecule has 0 aliphatic heterocycles. The normalized spacial score (nSPS) is 32.6. The molecule has 0 atom stereocenters. The molecule has 0 radical (unpaired) electrons. The Morgan fingerprint density at radius 3 is 1.41 bits per heavy atom. The zero-order chi connectivity index (χ0) is 23.8. The maximum Gasteiger partial charge on any atom is 0.0575 e. The van der Waals surface area contributed by atoms with Gasteiger partial charge < -0.3 is 4.74 Å². The highest BCUT2D eigenvalue weighted by Gasteiger charge is 2.31. The number of unbranched alkanes of at least 4 members (excludes halogenated alkanes) is 6. The molecular formula is C33H62O. The van der Waals surface area contributed by atoms with Crippen LogP contribution in [0.25, 0.3) is 0 Å². The van der Waals surface area contributed by atoms with E-state index in [2.05, 4.69) is 13.8 Å². The lowest BCUT2D eigenvalue weighted by atomic mass is 9.70. The minimum absolute atomic E-state index is 0.588. The van der Waals surface area contributed by atoms with E-state index in [4.69, 9.17) is 4.74 Å². The van der Waals surface area contributed by atoms with Crippen molar-refractivity contribution in [2.75, 3.05) is 6.61 Å². The first kappa shape index (κ1) is 28.5. The van der Waals surface area contributed by atoms with E-state index in [1.807, 2.05) is 0 Å². The Hall–Kier alpha value is -0.0400. The van der Waals surface area contributed by atoms with Crippen molar-refractivity contribution in [2.45, 2.75) is 174 Å². The average molecular weight is 475 g/mol. The molecule has 0 aromatic carbocycles. The Balaban J connectivity index is 1.16. The molecule has 0 spiro atoms. The van der Waals surface area contributed by atoms with Crippen LogP contribution in [0.1, 0.15) is 168 Å². The summed E-state index contributed by atoms with van der Waals surface area (Å²) < 4.78 is 6.39. The molecule has 1 nitrogen and oxygen atoms in total. The average Bonchev–Trinajstić information content (AvgIpc) is 2.88. The fraction of sp³-hybridized carbons (Fsp3) is 1.00. The van der Waals surface area contributed by atoms with Crippen LogP contribution in [0.15, 0.2) is 0 Å². The summed E-state index contributed by atoms with van der Waals surface area (Å²) in [6.07, 6.45) is 35.7. The number of hydrogen-bond donors (Lipinski definition) is 0. The first-order chi connectivity index (χ1) is 16.8. The van der Waals surface area contributed by atoms with Gasteiger partial charge in [0, 0.05) is 6.61 Å². The van der Waals surface area contributed by atoms with Crippen LogP contribution < -0.4 is 0 Å². The van der Waals surface area contributed by atoms with Crippen LogP contribution in [0, 0.1) is 29.6 Å². The highest BCUT2D eigenvalue weighted by atomic mass is 16.5. The predicted molar refractivity (Wildman–Crippen MR) is 149 cm³/mol. The summed E-state index contributed by atoms with van der Waals surface area (Å²) in [5.41, 5.74) is 0. The van der Waals surface area contributed by atoms with Gasteiger partial charge in [-0.15, -0.1) is 0 Å². The SMILES string of the molecule is CCCCCCC[C@H]1CC[C@H](C2CCC(OCCCC3CCC(CCCCC)CC3)CC2)CC1. The fourth-order valence-electron chi connectivity index (χ4n) is 7.83. The van der Waals surface area contributed by atoms with Gasteiger partial charge in [-0.1, -0.05) is 117 Å². The Morgan fingerprint density at radius 1 is 0.441 bits per heavy atom. The first-order valence-electron chi connectivity index (χ1n) is 16.4. The van der Waals surface area contributed by atoms with Gasteiger partial charge in [-0.05, 0) is 81.0 Å². The van der Waals surface area contributed by atoms with E-state index in [0.717, 1.165) is 36.2 Å². The van der Waals surface area contributed by atoms with Gasteiger partial charge in [-0.25, -0.2) is 0 Å². The van der Waals surface area contributed by atoms with Crippen molar-refractivity contribution in [2.24, 2.45) is 29.6 Å². The van der Waals surface area contributed by atoms with Crippen LogP contribution in [0.4, 0.5) is 0 Å². The lowest BCUT2D eigenvalue weighted by Gasteiger charge is -2.38. The fourth-order valence-corrected chi connectivity index (χ4v) is 7.83. The van der Waals surface area contributed by atoms with Crippen molar-refractivity contribution in [1.29, 1.82) is 0 Å². The smallest absolute Gasteiger partial charge is 0.0575 e. The molecule has 0 bridgehead atoms. The third-order valence-electron chi connectivity index (χ3n) is 10.3. The molecule has 0 unspecified atom stereocenters. The zero-order valence-electron chi connectivity index (χ0n) is 23.6. The van der Waals surface area contributed by atoms with Crippen molar-refractivity contribution >= 4 is 0 Å². The topological polar surface area (TPSA) is 9.23 Å². The number of rotatable bonds is 16. The summed E-state index contributed by atoms with van der Waals surface area (Å²) in [5, 5.41) is 0. The van der Waals surface area contributed by atoms with E-state index in [9.17, 15) is 0 Å². The van der Waals surface area contributed by atoms with Gasteiger partial charge in [-0.2, -0.15) is 0 Å². The van der Waals surface area contributed by atoms with Gasteiger partial charge in [0.25, 0.3) is 0 Å². The Kier molecular flexibility index (Phi) is 14.6. The van der Waals surface area contributed by atoms with Crippen LogP contribution in [0.3, 0.4) is 0 Å². The highest BCUT2D eigenvalue weighted by Crippen LogP contribution is 2.42. The maximum atomic E-state index is 6.39. The molecule has 0 N–H and O–H groups in total. The van der Waals surface area contributed by atoms with Crippen molar-refractivity contribution in [1.82, 2.24) is 0 Å². The summed E-state index contributed by atoms with van der Waals surface area (Å²) in [6, 6.07) is 0. The van der Waals surface area contributed by atoms with E-state index in [0.29, 0.717) is 6.10 Å². The predicted octanol–water partition coefficient (Wildman–Crippen LogP) is 10.9. The molecule has 3 saturated carbocycles. The van der Waals surface area contributed by atoms with Crippen molar-refractivity contribution in [3.05, 3.63) is 0 Å². The van der Waals surface area contributed by atoms with Crippen LogP contribution in [0.2, 0.25) is 0 Å². The Bertz CT molecular complexity index is 463. The molecule has 0 saturated heterocycles. The summed E-state index contributed by atoms with van der Waals surface area (Å²) in [7, 11) is 0. The van der Waals surface area contributed by atoms with Crippen LogP contribution >= 0.6 is 0 Å². The lowest BCUT2D eigenvalue weighted by Crippen LogP contribution is -2.29. The molecular weight excluding hydrogens is 412 g/mol. The van der Waals surface area contributed by atoms with E-state index in [1.54, 1.807) is 0 Å². The van der Waals surface area contributed by atoms with Gasteiger partial charge in [0.1, 0.15) is 0 Å². The van der Waals surface area contributed by atoms with E-state index in [1.165, 1.54) is 154 Å². The highest BCUT2D eigenvalue weighted by molar-refractivity contribution is 4.82. The monoisotopic (exact) mass is 474 g/mol. The van der Waals surface area contributed by atoms with E-state index < -0.39 is 0 Å². The van der Waals surface area contributed by atoms with Gasteiger partial charge in [-0.3, -0.25) is 0 Å². The van der Waals surface area contributed by atoms with E-state index >= 15 is 0 Å². The van der Waals surface area contributed by atoms with Gasteiger partial charge in [0.2, 0.25) is 0 Å². The lowest BCUT2D eigenvalue weighted by molar-refractivity contribution is 0.00367. The summed E-state index contributed by atoms with van der Waals surface area (Å²) in [4.78, 5) is 0. The molecule has 3 aliphatic rings. The van der Waals surface area contributed by atoms with Gasteiger partial charge >= 0.3 is 0 Å². The summed E-state index contributed by atoms with van der Waals surface area (Å²) in [6.45, 7) is 5.69. The standard InChI is InChI=1S/C33H62O/c1-3-5-7-8-10-13-29-19-21-31(22-20-29)32-23-25-33(26-24-32)34-27-11-14-30-17-15-28(16-18-30)12-9-6-4-2/h28-33H,3-27H2,1-2H3/t28?,29-,30?,31-,32?,33?. The van der Waals surface area contributed by atoms with Crippen LogP contribution in [-0.4, -0.2) is 12.7 Å². The zero-order valence-corrected chi connectivity index (χ0v) is 23.6. The summed E-state index contributed by atoms with van der Waals surface area (Å²) in [5.74, 6) is 5.20. The molecule has 0 amide bonds. The van der Waals surface area contributed by atoms with Crippen molar-refractivity contribution in [3.8, 4) is 0 Å². The van der Waals surface area contributed by atoms with Gasteiger partial charge in [0.15, 0.2) is 0 Å². The number of hydrogen-bond acceptors (Lipinski definition) is 1. The van der Waals surface area contributed by atoms with Gasteiger partial charge in [0.05, 0.1) is 6.10 Å². The largest absolute Gasteiger partial charge is 0.378 e. The molecule has 3 rings (SSSR count). The quantitative estimate of drug-likeness (QED) is 0.202. The number of ether oxygens (including phenoxy) is 1. The van der Waals surface area contributed by atoms with Crippen LogP contribution in [0.5, 0.6) is 0 Å². The first-order valence-corrected chi connectivity index (χ1v) is 16.4. The van der Waals surface area contributed by atoms with Crippen LogP contribution in [-0.2, 0) is 4.74 Å². The molecule has 200 valence electrons. The van der Waals surface area contributed by atoms with Crippen molar-refractivity contribution < 1.29 is 4.74 Å². The molecule has 3 aliphatic carbocycles. The van der Waals surface area contributed by atoms with E-state index in [-0.39, 0.29) is 0 Å². The molecule has 0 heterocycles. The third-order valence-corrected chi connectivity index (χ3v) is 10.3. The molecule has 0 aromatic rings.